The highest BCUT2D eigenvalue weighted by Crippen LogP contribution is 2.16. The molecular weight excluding hydrogens is 318 g/mol. The van der Waals surface area contributed by atoms with Gasteiger partial charge >= 0.3 is 6.01 Å². The number of nitrogens with zero attached hydrogens (tertiary/aromatic N) is 3. The summed E-state index contributed by atoms with van der Waals surface area (Å²) < 4.78 is 6.56. The van der Waals surface area contributed by atoms with Crippen molar-refractivity contribution in [3.63, 3.8) is 0 Å². The molecule has 0 aliphatic carbocycles. The highest BCUT2D eigenvalue weighted by Gasteiger charge is 2.10. The van der Waals surface area contributed by atoms with Crippen LogP contribution < -0.4 is 4.90 Å². The van der Waals surface area contributed by atoms with Crippen molar-refractivity contribution in [2.75, 3.05) is 17.8 Å². The first-order chi connectivity index (χ1) is 8.69. The quantitative estimate of drug-likeness (QED) is 0.789. The van der Waals surface area contributed by atoms with Gasteiger partial charge in [0, 0.05) is 30.4 Å². The van der Waals surface area contributed by atoms with Crippen LogP contribution in [-0.2, 0) is 13.0 Å². The fraction of sp³-hybridized carbons (Fsp3) is 0.333. The van der Waals surface area contributed by atoms with E-state index in [1.807, 2.05) is 24.1 Å². The number of aryl methyl sites for hydroxylation is 1. The molecule has 6 heteroatoms. The van der Waals surface area contributed by atoms with Gasteiger partial charge < -0.3 is 9.32 Å². The van der Waals surface area contributed by atoms with Crippen molar-refractivity contribution in [2.24, 2.45) is 0 Å². The van der Waals surface area contributed by atoms with E-state index in [1.54, 1.807) is 0 Å². The number of halogens is 2. The monoisotopic (exact) mass is 329 g/mol. The Morgan fingerprint density at radius 2 is 2.00 bits per heavy atom. The van der Waals surface area contributed by atoms with Gasteiger partial charge in [0.15, 0.2) is 0 Å². The molecule has 0 unspecified atom stereocenters. The van der Waals surface area contributed by atoms with Crippen LogP contribution >= 0.6 is 27.5 Å². The van der Waals surface area contributed by atoms with Gasteiger partial charge in [0.2, 0.25) is 5.89 Å². The van der Waals surface area contributed by atoms with Crippen LogP contribution in [0.4, 0.5) is 6.01 Å². The molecule has 2 rings (SSSR count). The predicted molar refractivity (Wildman–Crippen MR) is 75.0 cm³/mol. The molecule has 18 heavy (non-hydrogen) atoms. The molecule has 1 aromatic heterocycles. The summed E-state index contributed by atoms with van der Waals surface area (Å²) in [5.41, 5.74) is 1.18. The third-order valence-electron chi connectivity index (χ3n) is 2.42. The van der Waals surface area contributed by atoms with Crippen LogP contribution in [-0.4, -0.2) is 23.1 Å². The van der Waals surface area contributed by atoms with Gasteiger partial charge in [0.25, 0.3) is 0 Å². The standard InChI is InChI=1S/C12H13BrClN3O/c1-17(8-9-2-4-10(13)5-3-9)12-16-15-11(18-12)6-7-14/h2-5H,6-8H2,1H3. The summed E-state index contributed by atoms with van der Waals surface area (Å²) in [4.78, 5) is 1.91. The summed E-state index contributed by atoms with van der Waals surface area (Å²) in [5, 5.41) is 7.92. The number of benzene rings is 1. The number of anilines is 1. The van der Waals surface area contributed by atoms with Crippen LogP contribution in [0.25, 0.3) is 0 Å². The lowest BCUT2D eigenvalue weighted by atomic mass is 10.2. The minimum Gasteiger partial charge on any atom is -0.408 e. The molecule has 0 saturated carbocycles. The lowest BCUT2D eigenvalue weighted by Crippen LogP contribution is -2.16. The Balaban J connectivity index is 2.02. The highest BCUT2D eigenvalue weighted by atomic mass is 79.9. The Morgan fingerprint density at radius 3 is 2.67 bits per heavy atom. The highest BCUT2D eigenvalue weighted by molar-refractivity contribution is 9.10. The Hall–Kier alpha value is -1.07. The Kier molecular flexibility index (Phi) is 4.60. The van der Waals surface area contributed by atoms with Crippen LogP contribution in [0.1, 0.15) is 11.5 Å². The van der Waals surface area contributed by atoms with E-state index in [4.69, 9.17) is 16.0 Å². The van der Waals surface area contributed by atoms with E-state index in [0.717, 1.165) is 11.0 Å². The summed E-state index contributed by atoms with van der Waals surface area (Å²) in [5.74, 6) is 1.06. The zero-order valence-corrected chi connectivity index (χ0v) is 12.3. The van der Waals surface area contributed by atoms with E-state index in [-0.39, 0.29) is 0 Å². The first kappa shape index (κ1) is 13.4. The summed E-state index contributed by atoms with van der Waals surface area (Å²) in [7, 11) is 1.92. The molecule has 0 aliphatic heterocycles. The average Bonchev–Trinajstić information content (AvgIpc) is 2.81. The molecule has 4 nitrogen and oxygen atoms in total. The van der Waals surface area contributed by atoms with Gasteiger partial charge in [-0.2, -0.15) is 0 Å². The molecule has 1 heterocycles. The van der Waals surface area contributed by atoms with Crippen LogP contribution in [0.3, 0.4) is 0 Å². The molecule has 0 aliphatic rings. The van der Waals surface area contributed by atoms with Crippen molar-refractivity contribution in [3.8, 4) is 0 Å². The molecule has 0 amide bonds. The summed E-state index contributed by atoms with van der Waals surface area (Å²) in [6, 6.07) is 8.64. The first-order valence-electron chi connectivity index (χ1n) is 5.53. The van der Waals surface area contributed by atoms with Crippen LogP contribution in [0.2, 0.25) is 0 Å². The number of hydrogen-bond donors (Lipinski definition) is 0. The predicted octanol–water partition coefficient (Wildman–Crippen LogP) is 3.25. The van der Waals surface area contributed by atoms with Crippen LogP contribution in [0, 0.1) is 0 Å². The Bertz CT molecular complexity index is 500. The van der Waals surface area contributed by atoms with Crippen molar-refractivity contribution in [3.05, 3.63) is 40.2 Å². The van der Waals surface area contributed by atoms with E-state index in [2.05, 4.69) is 38.3 Å². The van der Waals surface area contributed by atoms with Gasteiger partial charge in [-0.05, 0) is 17.7 Å². The Labute approximate surface area is 119 Å². The lowest BCUT2D eigenvalue weighted by Gasteiger charge is -2.13. The van der Waals surface area contributed by atoms with E-state index in [9.17, 15) is 0 Å². The molecule has 0 saturated heterocycles. The van der Waals surface area contributed by atoms with E-state index in [1.165, 1.54) is 5.56 Å². The second-order valence-electron chi connectivity index (χ2n) is 3.90. The third-order valence-corrected chi connectivity index (χ3v) is 3.14. The molecule has 0 atom stereocenters. The van der Waals surface area contributed by atoms with Crippen molar-refractivity contribution in [1.82, 2.24) is 10.2 Å². The number of aromatic nitrogens is 2. The average molecular weight is 331 g/mol. The fourth-order valence-electron chi connectivity index (χ4n) is 1.51. The first-order valence-corrected chi connectivity index (χ1v) is 6.85. The second-order valence-corrected chi connectivity index (χ2v) is 5.19. The molecule has 0 fully saturated rings. The minimum atomic E-state index is 0.484. The Morgan fingerprint density at radius 1 is 1.28 bits per heavy atom. The van der Waals surface area contributed by atoms with Crippen molar-refractivity contribution < 1.29 is 4.42 Å². The number of rotatable bonds is 5. The summed E-state index contributed by atoms with van der Waals surface area (Å²) in [6.07, 6.45) is 0.598. The fourth-order valence-corrected chi connectivity index (χ4v) is 1.94. The molecular formula is C12H13BrClN3O. The molecule has 0 bridgehead atoms. The van der Waals surface area contributed by atoms with Crippen molar-refractivity contribution in [1.29, 1.82) is 0 Å². The second kappa shape index (κ2) is 6.20. The molecule has 0 radical (unpaired) electrons. The van der Waals surface area contributed by atoms with E-state index >= 15 is 0 Å². The smallest absolute Gasteiger partial charge is 0.318 e. The number of hydrogen-bond acceptors (Lipinski definition) is 4. The van der Waals surface area contributed by atoms with Crippen molar-refractivity contribution >= 4 is 33.5 Å². The SMILES string of the molecule is CN(Cc1ccc(Br)cc1)c1nnc(CCCl)o1. The van der Waals surface area contributed by atoms with Crippen LogP contribution in [0.15, 0.2) is 33.2 Å². The minimum absolute atomic E-state index is 0.484. The summed E-state index contributed by atoms with van der Waals surface area (Å²) >= 11 is 9.03. The van der Waals surface area contributed by atoms with E-state index < -0.39 is 0 Å². The topological polar surface area (TPSA) is 42.2 Å². The molecule has 0 N–H and O–H groups in total. The third kappa shape index (κ3) is 3.46. The van der Waals surface area contributed by atoms with Gasteiger partial charge in [-0.3, -0.25) is 0 Å². The van der Waals surface area contributed by atoms with Gasteiger partial charge in [-0.25, -0.2) is 0 Å². The normalized spacial score (nSPS) is 10.6. The van der Waals surface area contributed by atoms with Crippen molar-refractivity contribution in [2.45, 2.75) is 13.0 Å². The lowest BCUT2D eigenvalue weighted by molar-refractivity contribution is 0.495. The molecule has 2 aromatic rings. The molecule has 96 valence electrons. The largest absolute Gasteiger partial charge is 0.408 e. The zero-order chi connectivity index (χ0) is 13.0. The maximum absolute atomic E-state index is 5.62. The van der Waals surface area contributed by atoms with Gasteiger partial charge in [-0.1, -0.05) is 33.2 Å². The maximum atomic E-state index is 5.62. The van der Waals surface area contributed by atoms with Crippen LogP contribution in [0.5, 0.6) is 0 Å². The maximum Gasteiger partial charge on any atom is 0.318 e. The zero-order valence-electron chi connectivity index (χ0n) is 9.94. The number of alkyl halides is 1. The van der Waals surface area contributed by atoms with Gasteiger partial charge in [-0.15, -0.1) is 16.7 Å². The van der Waals surface area contributed by atoms with Gasteiger partial charge in [0.1, 0.15) is 0 Å². The van der Waals surface area contributed by atoms with Gasteiger partial charge in [0.05, 0.1) is 0 Å². The summed E-state index contributed by atoms with van der Waals surface area (Å²) in [6.45, 7) is 0.718. The molecule has 1 aromatic carbocycles. The molecule has 0 spiro atoms. The van der Waals surface area contributed by atoms with E-state index in [0.29, 0.717) is 24.2 Å².